The predicted molar refractivity (Wildman–Crippen MR) is 134 cm³/mol. The minimum Gasteiger partial charge on any atom is -0.345 e. The summed E-state index contributed by atoms with van der Waals surface area (Å²) in [4.78, 5) is 33.2. The van der Waals surface area contributed by atoms with Gasteiger partial charge in [0.15, 0.2) is 5.78 Å². The Labute approximate surface area is 200 Å². The van der Waals surface area contributed by atoms with Gasteiger partial charge in [0.1, 0.15) is 11.5 Å². The van der Waals surface area contributed by atoms with Crippen LogP contribution >= 0.6 is 0 Å². The molecule has 0 saturated carbocycles. The lowest BCUT2D eigenvalue weighted by molar-refractivity contribution is 0.101. The van der Waals surface area contributed by atoms with Gasteiger partial charge in [0.2, 0.25) is 0 Å². The van der Waals surface area contributed by atoms with Crippen molar-refractivity contribution in [1.82, 2.24) is 29.9 Å². The highest BCUT2D eigenvalue weighted by molar-refractivity contribution is 6.12. The van der Waals surface area contributed by atoms with E-state index in [0.29, 0.717) is 22.5 Å². The second kappa shape index (κ2) is 8.86. The Morgan fingerprint density at radius 1 is 1.03 bits per heavy atom. The lowest BCUT2D eigenvalue weighted by Gasteiger charge is -2.11. The molecule has 5 rings (SSSR count). The van der Waals surface area contributed by atoms with Gasteiger partial charge in [-0.2, -0.15) is 10.2 Å². The van der Waals surface area contributed by atoms with Crippen LogP contribution in [-0.4, -0.2) is 41.6 Å². The summed E-state index contributed by atoms with van der Waals surface area (Å²) in [5.74, 6) is 0.296. The molecule has 35 heavy (non-hydrogen) atoms. The van der Waals surface area contributed by atoms with Crippen LogP contribution in [0.5, 0.6) is 0 Å². The first kappa shape index (κ1) is 22.0. The molecule has 1 amide bonds. The number of ketones is 1. The fraction of sp³-hybridized carbons (Fsp3) is 0.115. The fourth-order valence-corrected chi connectivity index (χ4v) is 3.91. The van der Waals surface area contributed by atoms with Crippen LogP contribution in [0.1, 0.15) is 49.2 Å². The van der Waals surface area contributed by atoms with E-state index in [1.807, 2.05) is 38.1 Å². The molecular weight excluding hydrogens is 442 g/mol. The van der Waals surface area contributed by atoms with Gasteiger partial charge in [-0.15, -0.1) is 0 Å². The third-order valence-electron chi connectivity index (χ3n) is 5.76. The average Bonchev–Trinajstić information content (AvgIpc) is 3.58. The monoisotopic (exact) mass is 465 g/mol. The lowest BCUT2D eigenvalue weighted by Crippen LogP contribution is -2.17. The van der Waals surface area contributed by atoms with Crippen molar-refractivity contribution in [2.75, 3.05) is 5.32 Å². The van der Waals surface area contributed by atoms with Crippen molar-refractivity contribution in [2.24, 2.45) is 7.05 Å². The van der Waals surface area contributed by atoms with Gasteiger partial charge in [0.25, 0.3) is 5.91 Å². The molecule has 0 unspecified atom stereocenters. The number of carbonyl (C=O) groups is 2. The summed E-state index contributed by atoms with van der Waals surface area (Å²) >= 11 is 0. The number of imidazole rings is 1. The Kier molecular flexibility index (Phi) is 5.58. The van der Waals surface area contributed by atoms with Crippen LogP contribution in [-0.2, 0) is 7.05 Å². The molecule has 0 atom stereocenters. The van der Waals surface area contributed by atoms with E-state index < -0.39 is 0 Å². The van der Waals surface area contributed by atoms with Gasteiger partial charge in [-0.05, 0) is 55.8 Å². The molecule has 0 aliphatic heterocycles. The Hall–Kier alpha value is -4.79. The zero-order valence-electron chi connectivity index (χ0n) is 19.5. The number of benzene rings is 2. The molecule has 9 heteroatoms. The van der Waals surface area contributed by atoms with Crippen LogP contribution in [0.3, 0.4) is 0 Å². The molecule has 3 aromatic heterocycles. The maximum atomic E-state index is 13.3. The van der Waals surface area contributed by atoms with Gasteiger partial charge < -0.3 is 10.3 Å². The van der Waals surface area contributed by atoms with Gasteiger partial charge in [-0.1, -0.05) is 18.2 Å². The van der Waals surface area contributed by atoms with E-state index in [4.69, 9.17) is 0 Å². The quantitative estimate of drug-likeness (QED) is 0.323. The lowest BCUT2D eigenvalue weighted by atomic mass is 9.99. The van der Waals surface area contributed by atoms with Crippen molar-refractivity contribution < 1.29 is 9.59 Å². The minimum atomic E-state index is -0.283. The number of aryl methyl sites for hydroxylation is 3. The maximum absolute atomic E-state index is 13.3. The molecule has 9 nitrogen and oxygen atoms in total. The fourth-order valence-electron chi connectivity index (χ4n) is 3.91. The highest BCUT2D eigenvalue weighted by Crippen LogP contribution is 2.24. The van der Waals surface area contributed by atoms with Crippen LogP contribution in [0.2, 0.25) is 0 Å². The Balaban J connectivity index is 1.39. The van der Waals surface area contributed by atoms with E-state index in [0.717, 1.165) is 33.7 Å². The van der Waals surface area contributed by atoms with Crippen LogP contribution < -0.4 is 5.32 Å². The maximum Gasteiger partial charge on any atom is 0.273 e. The summed E-state index contributed by atoms with van der Waals surface area (Å²) in [5.41, 5.74) is 5.13. The largest absolute Gasteiger partial charge is 0.345 e. The highest BCUT2D eigenvalue weighted by Gasteiger charge is 2.16. The van der Waals surface area contributed by atoms with E-state index >= 15 is 0 Å². The summed E-state index contributed by atoms with van der Waals surface area (Å²) in [6, 6.07) is 12.4. The number of aromatic amines is 2. The smallest absolute Gasteiger partial charge is 0.273 e. The molecule has 3 N–H and O–H groups in total. The molecule has 0 aliphatic rings. The highest BCUT2D eigenvalue weighted by atomic mass is 16.2. The van der Waals surface area contributed by atoms with E-state index in [1.165, 1.54) is 4.68 Å². The Bertz CT molecular complexity index is 1590. The van der Waals surface area contributed by atoms with Gasteiger partial charge in [0, 0.05) is 41.6 Å². The number of nitrogens with one attached hydrogen (secondary N) is 3. The van der Waals surface area contributed by atoms with Gasteiger partial charge in [-0.3, -0.25) is 19.4 Å². The van der Waals surface area contributed by atoms with Crippen molar-refractivity contribution in [3.63, 3.8) is 0 Å². The summed E-state index contributed by atoms with van der Waals surface area (Å²) < 4.78 is 1.53. The number of aromatic nitrogens is 6. The number of anilines is 1. The molecule has 0 spiro atoms. The Morgan fingerprint density at radius 3 is 2.57 bits per heavy atom. The molecule has 0 bridgehead atoms. The summed E-state index contributed by atoms with van der Waals surface area (Å²) in [6.07, 6.45) is 7.13. The van der Waals surface area contributed by atoms with Crippen molar-refractivity contribution in [1.29, 1.82) is 0 Å². The first-order valence-electron chi connectivity index (χ1n) is 11.0. The number of hydrogen-bond acceptors (Lipinski definition) is 5. The van der Waals surface area contributed by atoms with Gasteiger partial charge in [-0.25, -0.2) is 4.98 Å². The number of hydrogen-bond donors (Lipinski definition) is 3. The summed E-state index contributed by atoms with van der Waals surface area (Å²) in [5, 5.41) is 15.3. The van der Waals surface area contributed by atoms with Crippen LogP contribution in [0.4, 0.5) is 5.69 Å². The first-order valence-corrected chi connectivity index (χ1v) is 11.0. The normalized spacial score (nSPS) is 11.4. The molecule has 3 heterocycles. The summed E-state index contributed by atoms with van der Waals surface area (Å²) in [7, 11) is 1.72. The van der Waals surface area contributed by atoms with Crippen LogP contribution in [0, 0.1) is 13.8 Å². The zero-order chi connectivity index (χ0) is 24.5. The third kappa shape index (κ3) is 4.39. The average molecular weight is 466 g/mol. The van der Waals surface area contributed by atoms with E-state index in [2.05, 4.69) is 30.6 Å². The molecule has 2 aromatic carbocycles. The van der Waals surface area contributed by atoms with Gasteiger partial charge >= 0.3 is 0 Å². The number of rotatable bonds is 6. The topological polar surface area (TPSA) is 121 Å². The van der Waals surface area contributed by atoms with Crippen molar-refractivity contribution in [2.45, 2.75) is 13.8 Å². The molecular formula is C26H23N7O2. The van der Waals surface area contributed by atoms with Crippen LogP contribution in [0.25, 0.3) is 23.1 Å². The SMILES string of the molecule is Cc1cc(C(=O)Nc2cc(C(=O)c3ccc4c(C=Cc5ncc[nH]5)n[nH]c4c3)ccc2C)n(C)n1. The number of H-pyrrole nitrogens is 2. The number of carbonyl (C=O) groups excluding carboxylic acids is 2. The molecule has 0 fully saturated rings. The molecule has 0 aliphatic carbocycles. The molecule has 0 saturated heterocycles. The van der Waals surface area contributed by atoms with E-state index in [9.17, 15) is 9.59 Å². The standard InChI is InChI=1S/C26H23N7O2/c1-15-4-5-17(13-21(15)29-26(35)23-12-16(2)32-33(23)3)25(34)18-6-7-19-20(30-31-22(19)14-18)8-9-24-27-10-11-28-24/h4-14H,1-3H3,(H,27,28)(H,29,35)(H,30,31). The van der Waals surface area contributed by atoms with Crippen molar-refractivity contribution in [3.8, 4) is 0 Å². The van der Waals surface area contributed by atoms with Crippen LogP contribution in [0.15, 0.2) is 54.9 Å². The number of amides is 1. The zero-order valence-corrected chi connectivity index (χ0v) is 19.5. The Morgan fingerprint density at radius 2 is 1.83 bits per heavy atom. The second-order valence-electron chi connectivity index (χ2n) is 8.28. The third-order valence-corrected chi connectivity index (χ3v) is 5.76. The molecule has 0 radical (unpaired) electrons. The minimum absolute atomic E-state index is 0.152. The number of fused-ring (bicyclic) bond motifs is 1. The van der Waals surface area contributed by atoms with Crippen molar-refractivity contribution in [3.05, 3.63) is 94.5 Å². The second-order valence-corrected chi connectivity index (χ2v) is 8.28. The number of nitrogens with zero attached hydrogens (tertiary/aromatic N) is 4. The van der Waals surface area contributed by atoms with E-state index in [-0.39, 0.29) is 11.7 Å². The van der Waals surface area contributed by atoms with E-state index in [1.54, 1.807) is 49.8 Å². The van der Waals surface area contributed by atoms with Crippen molar-refractivity contribution >= 4 is 40.4 Å². The van der Waals surface area contributed by atoms with Gasteiger partial charge in [0.05, 0.1) is 16.9 Å². The summed E-state index contributed by atoms with van der Waals surface area (Å²) in [6.45, 7) is 3.71. The molecule has 174 valence electrons. The molecule has 5 aromatic rings. The predicted octanol–water partition coefficient (Wildman–Crippen LogP) is 4.29. The first-order chi connectivity index (χ1) is 16.9.